The minimum atomic E-state index is -0.868. The highest BCUT2D eigenvalue weighted by Crippen LogP contribution is 2.26. The third-order valence-corrected chi connectivity index (χ3v) is 8.10. The summed E-state index contributed by atoms with van der Waals surface area (Å²) in [7, 11) is 0. The largest absolute Gasteiger partial charge is 0.465 e. The Morgan fingerprint density at radius 1 is 1.07 bits per heavy atom. The Morgan fingerprint density at radius 2 is 1.88 bits per heavy atom. The number of allylic oxidation sites excluding steroid dienone is 2. The summed E-state index contributed by atoms with van der Waals surface area (Å²) in [4.78, 5) is 70.3. The number of aromatic nitrogens is 1. The Balaban J connectivity index is 1.85. The lowest BCUT2D eigenvalue weighted by Gasteiger charge is -2.35. The summed E-state index contributed by atoms with van der Waals surface area (Å²) in [5.74, 6) is -2.98. The van der Waals surface area contributed by atoms with Gasteiger partial charge in [0.05, 0.1) is 13.0 Å². The van der Waals surface area contributed by atoms with E-state index in [0.717, 1.165) is 17.6 Å². The van der Waals surface area contributed by atoms with E-state index in [1.165, 1.54) is 4.90 Å². The van der Waals surface area contributed by atoms with Crippen LogP contribution in [0.5, 0.6) is 0 Å². The minimum Gasteiger partial charge on any atom is -0.465 e. The van der Waals surface area contributed by atoms with Gasteiger partial charge in [0.15, 0.2) is 0 Å². The number of hydrogen-bond acceptors (Lipinski definition) is 8. The molecule has 1 saturated heterocycles. The molecule has 1 aromatic rings. The van der Waals surface area contributed by atoms with Crippen molar-refractivity contribution in [2.24, 2.45) is 11.8 Å². The predicted octanol–water partition coefficient (Wildman–Crippen LogP) is 4.73. The van der Waals surface area contributed by atoms with Crippen LogP contribution in [0.25, 0.3) is 0 Å². The van der Waals surface area contributed by atoms with Gasteiger partial charge in [-0.3, -0.25) is 24.2 Å². The molecule has 0 radical (unpaired) electrons. The summed E-state index contributed by atoms with van der Waals surface area (Å²) in [5, 5.41) is 0. The maximum absolute atomic E-state index is 13.5. The van der Waals surface area contributed by atoms with Crippen LogP contribution in [-0.2, 0) is 39.9 Å². The van der Waals surface area contributed by atoms with E-state index in [9.17, 15) is 24.0 Å². The molecule has 3 rings (SSSR count). The number of hydrogen-bond donors (Lipinski definition) is 0. The van der Waals surface area contributed by atoms with Gasteiger partial charge in [-0.15, -0.1) is 6.58 Å². The molecule has 0 aromatic carbocycles. The molecular formula is C33H44N2O7. The van der Waals surface area contributed by atoms with Crippen LogP contribution in [0.3, 0.4) is 0 Å². The number of rotatable bonds is 5. The van der Waals surface area contributed by atoms with Crippen molar-refractivity contribution < 1.29 is 33.4 Å². The lowest BCUT2D eigenvalue weighted by molar-refractivity contribution is -0.165. The number of amides is 1. The average molecular weight is 581 g/mol. The normalized spacial score (nSPS) is 27.2. The second-order valence-electron chi connectivity index (χ2n) is 11.4. The summed E-state index contributed by atoms with van der Waals surface area (Å²) in [6.07, 6.45) is 10.9. The molecular weight excluding hydrogens is 536 g/mol. The Morgan fingerprint density at radius 3 is 2.62 bits per heavy atom. The molecule has 0 bridgehead atoms. The fourth-order valence-electron chi connectivity index (χ4n) is 5.48. The van der Waals surface area contributed by atoms with Crippen LogP contribution in [0.4, 0.5) is 0 Å². The zero-order valence-electron chi connectivity index (χ0n) is 24.9. The number of ether oxygens (including phenoxy) is 2. The van der Waals surface area contributed by atoms with Crippen LogP contribution >= 0.6 is 0 Å². The molecule has 0 saturated carbocycles. The fourth-order valence-corrected chi connectivity index (χ4v) is 5.48. The van der Waals surface area contributed by atoms with Crippen molar-refractivity contribution in [2.75, 3.05) is 13.2 Å². The zero-order chi connectivity index (χ0) is 30.5. The number of fused-ring (bicyclic) bond motifs is 1. The lowest BCUT2D eigenvalue weighted by atomic mass is 9.88. The predicted molar refractivity (Wildman–Crippen MR) is 157 cm³/mol. The lowest BCUT2D eigenvalue weighted by Crippen LogP contribution is -2.51. The molecule has 9 nitrogen and oxygen atoms in total. The van der Waals surface area contributed by atoms with E-state index in [1.54, 1.807) is 18.5 Å². The van der Waals surface area contributed by atoms with E-state index < -0.39 is 35.8 Å². The first-order valence-corrected chi connectivity index (χ1v) is 15.1. The number of piperidine rings is 1. The number of cyclic esters (lactones) is 2. The summed E-state index contributed by atoms with van der Waals surface area (Å²) in [5.41, 5.74) is 1.92. The first-order chi connectivity index (χ1) is 20.2. The molecule has 0 aliphatic carbocycles. The van der Waals surface area contributed by atoms with E-state index >= 15 is 0 Å². The molecule has 1 fully saturated rings. The van der Waals surface area contributed by atoms with Crippen molar-refractivity contribution in [3.63, 3.8) is 0 Å². The van der Waals surface area contributed by atoms with Gasteiger partial charge in [-0.2, -0.15) is 0 Å². The van der Waals surface area contributed by atoms with Crippen molar-refractivity contribution in [1.82, 2.24) is 9.88 Å². The fraction of sp³-hybridized carbons (Fsp3) is 0.576. The molecule has 2 aliphatic rings. The van der Waals surface area contributed by atoms with Crippen molar-refractivity contribution in [3.8, 4) is 0 Å². The van der Waals surface area contributed by atoms with Crippen molar-refractivity contribution in [1.29, 1.82) is 0 Å². The Labute approximate surface area is 248 Å². The van der Waals surface area contributed by atoms with Crippen LogP contribution < -0.4 is 0 Å². The van der Waals surface area contributed by atoms with E-state index in [2.05, 4.69) is 11.6 Å². The highest BCUT2D eigenvalue weighted by atomic mass is 16.5. The number of aryl methyl sites for hydroxylation is 1. The van der Waals surface area contributed by atoms with Gasteiger partial charge < -0.3 is 14.4 Å². The van der Waals surface area contributed by atoms with Gasteiger partial charge >= 0.3 is 11.9 Å². The van der Waals surface area contributed by atoms with Crippen LogP contribution in [0.15, 0.2) is 48.8 Å². The standard InChI is InChI=1S/C33H44N2O7/c1-4-8-26-21-23(2)17-20-41-31(38)16-14-29(37)32(39)35-19-6-5-10-27(35)33(40)42-30(24(3)11-13-28(26)36)15-12-25-9-7-18-34-22-25/h4,7,9,18,21-22,24,26-27,30H,1,5-6,8,10-17,19-20H2,2-3H3/b23-21-/t24-,26?,27+,30-/m1/s1. The highest BCUT2D eigenvalue weighted by molar-refractivity contribution is 6.36. The average Bonchev–Trinajstić information content (AvgIpc) is 2.99. The molecule has 42 heavy (non-hydrogen) atoms. The summed E-state index contributed by atoms with van der Waals surface area (Å²) < 4.78 is 11.3. The molecule has 3 heterocycles. The number of pyridine rings is 1. The van der Waals surface area contributed by atoms with E-state index in [1.807, 2.05) is 32.1 Å². The Bertz CT molecular complexity index is 1150. The molecule has 2 aliphatic heterocycles. The van der Waals surface area contributed by atoms with E-state index in [0.29, 0.717) is 51.4 Å². The smallest absolute Gasteiger partial charge is 0.329 e. The molecule has 0 spiro atoms. The van der Waals surface area contributed by atoms with Crippen LogP contribution in [-0.4, -0.2) is 64.6 Å². The van der Waals surface area contributed by atoms with Crippen LogP contribution in [0.2, 0.25) is 0 Å². The van der Waals surface area contributed by atoms with Crippen molar-refractivity contribution in [3.05, 3.63) is 54.4 Å². The third kappa shape index (κ3) is 10.0. The van der Waals surface area contributed by atoms with E-state index in [-0.39, 0.29) is 43.6 Å². The Kier molecular flexibility index (Phi) is 13.1. The maximum Gasteiger partial charge on any atom is 0.329 e. The molecule has 0 N–H and O–H groups in total. The quantitative estimate of drug-likeness (QED) is 0.279. The highest BCUT2D eigenvalue weighted by Gasteiger charge is 2.37. The topological polar surface area (TPSA) is 120 Å². The second kappa shape index (κ2) is 16.7. The van der Waals surface area contributed by atoms with Crippen LogP contribution in [0.1, 0.15) is 83.6 Å². The monoisotopic (exact) mass is 580 g/mol. The third-order valence-electron chi connectivity index (χ3n) is 8.10. The first-order valence-electron chi connectivity index (χ1n) is 15.1. The molecule has 228 valence electrons. The summed E-state index contributed by atoms with van der Waals surface area (Å²) in [6, 6.07) is 2.95. The SMILES string of the molecule is C=CCC1/C=C(/C)CCOC(=O)CCC(=O)C(=O)N2CCCC[C@H]2C(=O)O[C@H](CCc2cccnc2)[C@H](C)CCC1=O. The Hall–Kier alpha value is -3.62. The van der Waals surface area contributed by atoms with Gasteiger partial charge in [-0.05, 0) is 69.4 Å². The number of ketones is 2. The maximum atomic E-state index is 13.5. The van der Waals surface area contributed by atoms with Gasteiger partial charge in [0, 0.05) is 44.1 Å². The number of Topliss-reactive ketones (excluding diaryl/α,β-unsaturated/α-hetero) is 2. The number of carbonyl (C=O) groups excluding carboxylic acids is 5. The van der Waals surface area contributed by atoms with Crippen molar-refractivity contribution >= 4 is 29.4 Å². The van der Waals surface area contributed by atoms with Gasteiger partial charge in [0.25, 0.3) is 5.91 Å². The van der Waals surface area contributed by atoms with Crippen molar-refractivity contribution in [2.45, 2.75) is 96.6 Å². The summed E-state index contributed by atoms with van der Waals surface area (Å²) >= 11 is 0. The van der Waals surface area contributed by atoms with Crippen LogP contribution in [0, 0.1) is 11.8 Å². The zero-order valence-corrected chi connectivity index (χ0v) is 24.9. The second-order valence-corrected chi connectivity index (χ2v) is 11.4. The molecule has 4 atom stereocenters. The van der Waals surface area contributed by atoms with E-state index in [4.69, 9.17) is 9.47 Å². The first kappa shape index (κ1) is 32.9. The van der Waals surface area contributed by atoms with Gasteiger partial charge in [-0.25, -0.2) is 4.79 Å². The number of nitrogens with zero attached hydrogens (tertiary/aromatic N) is 2. The minimum absolute atomic E-state index is 0.0763. The number of esters is 2. The molecule has 1 amide bonds. The molecule has 1 unspecified atom stereocenters. The number of carbonyl (C=O) groups is 5. The molecule has 1 aromatic heterocycles. The van der Waals surface area contributed by atoms with Gasteiger partial charge in [-0.1, -0.05) is 30.7 Å². The molecule has 9 heteroatoms. The van der Waals surface area contributed by atoms with Gasteiger partial charge in [0.2, 0.25) is 5.78 Å². The summed E-state index contributed by atoms with van der Waals surface area (Å²) in [6.45, 7) is 8.06. The van der Waals surface area contributed by atoms with Gasteiger partial charge in [0.1, 0.15) is 17.9 Å².